The Hall–Kier alpha value is -2.07. The van der Waals surface area contributed by atoms with Crippen LogP contribution in [-0.4, -0.2) is 19.0 Å². The first-order valence-electron chi connectivity index (χ1n) is 7.60. The van der Waals surface area contributed by atoms with Gasteiger partial charge in [-0.25, -0.2) is 4.39 Å². The highest BCUT2D eigenvalue weighted by atomic mass is 35.5. The van der Waals surface area contributed by atoms with Gasteiger partial charge in [0.15, 0.2) is 0 Å². The minimum Gasteiger partial charge on any atom is -0.375 e. The van der Waals surface area contributed by atoms with Crippen molar-refractivity contribution in [1.29, 1.82) is 0 Å². The minimum atomic E-state index is -0.238. The maximum absolute atomic E-state index is 13.0. The summed E-state index contributed by atoms with van der Waals surface area (Å²) in [6, 6.07) is 13.8. The highest BCUT2D eigenvalue weighted by Gasteiger charge is 2.44. The quantitative estimate of drug-likeness (QED) is 0.846. The van der Waals surface area contributed by atoms with Gasteiger partial charge in [-0.3, -0.25) is 4.79 Å². The summed E-state index contributed by atoms with van der Waals surface area (Å²) in [6.07, 6.45) is 2.02. The van der Waals surface area contributed by atoms with E-state index >= 15 is 0 Å². The van der Waals surface area contributed by atoms with Gasteiger partial charge in [-0.05, 0) is 42.7 Å². The van der Waals surface area contributed by atoms with Gasteiger partial charge in [-0.2, -0.15) is 0 Å². The van der Waals surface area contributed by atoms with E-state index in [1.165, 1.54) is 12.1 Å². The summed E-state index contributed by atoms with van der Waals surface area (Å²) in [5, 5.41) is 6.56. The van der Waals surface area contributed by atoms with E-state index in [0.717, 1.165) is 24.1 Å². The van der Waals surface area contributed by atoms with Crippen LogP contribution in [0.4, 0.5) is 10.1 Å². The number of halogens is 2. The first-order chi connectivity index (χ1) is 11.1. The largest absolute Gasteiger partial charge is 0.375 e. The van der Waals surface area contributed by atoms with E-state index in [1.54, 1.807) is 18.2 Å². The zero-order valence-electron chi connectivity index (χ0n) is 12.6. The van der Waals surface area contributed by atoms with Gasteiger partial charge in [-0.15, -0.1) is 0 Å². The van der Waals surface area contributed by atoms with Crippen molar-refractivity contribution in [1.82, 2.24) is 5.32 Å². The fraction of sp³-hybridized carbons (Fsp3) is 0.278. The Bertz CT molecular complexity index is 698. The molecule has 2 N–H and O–H groups in total. The number of carbonyl (C=O) groups excluding carboxylic acids is 1. The standard InChI is InChI=1S/C18H18ClFN2O/c19-15-3-1-2-4-16(15)21-11-17(23)22-12-18(9-10-18)13-5-7-14(20)8-6-13/h1-8,21H,9-12H2,(H,22,23). The number of hydrogen-bond donors (Lipinski definition) is 2. The fourth-order valence-electron chi connectivity index (χ4n) is 2.63. The molecule has 2 aromatic carbocycles. The predicted molar refractivity (Wildman–Crippen MR) is 90.3 cm³/mol. The van der Waals surface area contributed by atoms with Crippen molar-refractivity contribution in [2.45, 2.75) is 18.3 Å². The third-order valence-electron chi connectivity index (χ3n) is 4.25. The van der Waals surface area contributed by atoms with Crippen LogP contribution in [0.3, 0.4) is 0 Å². The Kier molecular flexibility index (Phi) is 4.53. The smallest absolute Gasteiger partial charge is 0.239 e. The van der Waals surface area contributed by atoms with Crippen molar-refractivity contribution in [2.24, 2.45) is 0 Å². The summed E-state index contributed by atoms with van der Waals surface area (Å²) in [5.74, 6) is -0.323. The highest BCUT2D eigenvalue weighted by Crippen LogP contribution is 2.47. The predicted octanol–water partition coefficient (Wildman–Crippen LogP) is 3.74. The second-order valence-corrected chi connectivity index (χ2v) is 6.30. The molecule has 0 saturated heterocycles. The molecule has 0 bridgehead atoms. The van der Waals surface area contributed by atoms with E-state index in [1.807, 2.05) is 18.2 Å². The average Bonchev–Trinajstić information content (AvgIpc) is 3.34. The molecule has 1 amide bonds. The monoisotopic (exact) mass is 332 g/mol. The Morgan fingerprint density at radius 2 is 1.83 bits per heavy atom. The van der Waals surface area contributed by atoms with Gasteiger partial charge >= 0.3 is 0 Å². The minimum absolute atomic E-state index is 0.0340. The van der Waals surface area contributed by atoms with Crippen LogP contribution in [0, 0.1) is 5.82 Å². The van der Waals surface area contributed by atoms with Gasteiger partial charge in [0.2, 0.25) is 5.91 Å². The molecule has 0 heterocycles. The summed E-state index contributed by atoms with van der Waals surface area (Å²) in [6.45, 7) is 0.741. The summed E-state index contributed by atoms with van der Waals surface area (Å²) >= 11 is 6.04. The van der Waals surface area contributed by atoms with Crippen LogP contribution >= 0.6 is 11.6 Å². The van der Waals surface area contributed by atoms with Gasteiger partial charge in [0.25, 0.3) is 0 Å². The number of carbonyl (C=O) groups is 1. The number of anilines is 1. The maximum atomic E-state index is 13.0. The molecule has 0 aromatic heterocycles. The van der Waals surface area contributed by atoms with Crippen molar-refractivity contribution in [2.75, 3.05) is 18.4 Å². The second kappa shape index (κ2) is 6.59. The van der Waals surface area contributed by atoms with E-state index in [9.17, 15) is 9.18 Å². The van der Waals surface area contributed by atoms with Gasteiger partial charge < -0.3 is 10.6 Å². The van der Waals surface area contributed by atoms with Crippen LogP contribution in [0.2, 0.25) is 5.02 Å². The van der Waals surface area contributed by atoms with Crippen LogP contribution < -0.4 is 10.6 Å². The Morgan fingerprint density at radius 1 is 1.13 bits per heavy atom. The highest BCUT2D eigenvalue weighted by molar-refractivity contribution is 6.33. The molecule has 3 rings (SSSR count). The first-order valence-corrected chi connectivity index (χ1v) is 7.98. The van der Waals surface area contributed by atoms with E-state index in [4.69, 9.17) is 11.6 Å². The van der Waals surface area contributed by atoms with E-state index in [0.29, 0.717) is 11.6 Å². The van der Waals surface area contributed by atoms with E-state index in [-0.39, 0.29) is 23.7 Å². The molecule has 5 heteroatoms. The topological polar surface area (TPSA) is 41.1 Å². The van der Waals surface area contributed by atoms with Crippen LogP contribution in [0.1, 0.15) is 18.4 Å². The summed E-state index contributed by atoms with van der Waals surface area (Å²) in [5.41, 5.74) is 1.79. The second-order valence-electron chi connectivity index (χ2n) is 5.90. The third-order valence-corrected chi connectivity index (χ3v) is 4.58. The normalized spacial score (nSPS) is 15.0. The lowest BCUT2D eigenvalue weighted by Crippen LogP contribution is -2.36. The van der Waals surface area contributed by atoms with Crippen LogP contribution in [-0.2, 0) is 10.2 Å². The van der Waals surface area contributed by atoms with Crippen molar-refractivity contribution >= 4 is 23.2 Å². The Morgan fingerprint density at radius 3 is 2.48 bits per heavy atom. The lowest BCUT2D eigenvalue weighted by atomic mass is 9.96. The maximum Gasteiger partial charge on any atom is 0.239 e. The van der Waals surface area contributed by atoms with Crippen molar-refractivity contribution in [3.05, 3.63) is 64.9 Å². The summed E-state index contributed by atoms with van der Waals surface area (Å²) in [4.78, 5) is 12.0. The fourth-order valence-corrected chi connectivity index (χ4v) is 2.83. The molecule has 23 heavy (non-hydrogen) atoms. The molecule has 0 spiro atoms. The Balaban J connectivity index is 1.51. The molecule has 3 nitrogen and oxygen atoms in total. The van der Waals surface area contributed by atoms with Gasteiger partial charge in [-0.1, -0.05) is 35.9 Å². The van der Waals surface area contributed by atoms with Crippen molar-refractivity contribution in [3.8, 4) is 0 Å². The lowest BCUT2D eigenvalue weighted by molar-refractivity contribution is -0.119. The zero-order valence-corrected chi connectivity index (χ0v) is 13.4. The molecular formula is C18H18ClFN2O. The molecule has 0 unspecified atom stereocenters. The first kappa shape index (κ1) is 15.8. The molecule has 1 aliphatic carbocycles. The summed E-state index contributed by atoms with van der Waals surface area (Å²) in [7, 11) is 0. The molecule has 120 valence electrons. The molecule has 0 aliphatic heterocycles. The lowest BCUT2D eigenvalue weighted by Gasteiger charge is -2.17. The molecule has 1 saturated carbocycles. The number of rotatable bonds is 6. The number of nitrogens with one attached hydrogen (secondary N) is 2. The van der Waals surface area contributed by atoms with E-state index < -0.39 is 0 Å². The molecule has 0 atom stereocenters. The van der Waals surface area contributed by atoms with Crippen molar-refractivity contribution < 1.29 is 9.18 Å². The molecular weight excluding hydrogens is 315 g/mol. The molecule has 1 fully saturated rings. The van der Waals surface area contributed by atoms with Crippen LogP contribution in [0.25, 0.3) is 0 Å². The van der Waals surface area contributed by atoms with Gasteiger partial charge in [0.1, 0.15) is 5.82 Å². The number of hydrogen-bond acceptors (Lipinski definition) is 2. The van der Waals surface area contributed by atoms with Gasteiger partial charge in [0.05, 0.1) is 17.3 Å². The van der Waals surface area contributed by atoms with Crippen molar-refractivity contribution in [3.63, 3.8) is 0 Å². The third kappa shape index (κ3) is 3.82. The van der Waals surface area contributed by atoms with Crippen LogP contribution in [0.15, 0.2) is 48.5 Å². The summed E-state index contributed by atoms with van der Waals surface area (Å²) < 4.78 is 13.0. The van der Waals surface area contributed by atoms with Gasteiger partial charge in [0, 0.05) is 12.0 Å². The zero-order chi connectivity index (χ0) is 16.3. The molecule has 1 aliphatic rings. The molecule has 0 radical (unpaired) electrons. The number of benzene rings is 2. The number of amides is 1. The SMILES string of the molecule is O=C(CNc1ccccc1Cl)NCC1(c2ccc(F)cc2)CC1. The number of para-hydroxylation sites is 1. The van der Waals surface area contributed by atoms with E-state index in [2.05, 4.69) is 10.6 Å². The average molecular weight is 333 g/mol. The van der Waals surface area contributed by atoms with Crippen LogP contribution in [0.5, 0.6) is 0 Å². The Labute approximate surface area is 139 Å². The molecule has 2 aromatic rings.